The molecule has 14 heavy (non-hydrogen) atoms. The number of likely N-dealkylation sites (N-methyl/N-ethyl adjacent to an activating group) is 1. The van der Waals surface area contributed by atoms with Crippen molar-refractivity contribution in [1.82, 2.24) is 5.32 Å². The summed E-state index contributed by atoms with van der Waals surface area (Å²) in [5.41, 5.74) is 2.88. The number of allylic oxidation sites excluding steroid dienone is 3. The van der Waals surface area contributed by atoms with Crippen molar-refractivity contribution in [1.29, 1.82) is 0 Å². The average molecular weight is 307 g/mol. The molecule has 0 rings (SSSR count). The molecule has 0 fully saturated rings. The molecule has 0 aliphatic heterocycles. The molecule has 1 atom stereocenters. The van der Waals surface area contributed by atoms with Gasteiger partial charge < -0.3 is 5.32 Å². The molecule has 0 spiro atoms. The predicted octanol–water partition coefficient (Wildman–Crippen LogP) is 3.70. The highest BCUT2D eigenvalue weighted by molar-refractivity contribution is 14.1. The summed E-state index contributed by atoms with van der Waals surface area (Å²) in [4.78, 5) is 0. The van der Waals surface area contributed by atoms with Gasteiger partial charge in [0.1, 0.15) is 0 Å². The SMILES string of the molecule is CC/C=C(C)\C=C(\CNC)C[C@@H](C)I. The van der Waals surface area contributed by atoms with Gasteiger partial charge >= 0.3 is 0 Å². The largest absolute Gasteiger partial charge is 0.316 e. The van der Waals surface area contributed by atoms with Gasteiger partial charge in [0, 0.05) is 10.5 Å². The first-order valence-electron chi connectivity index (χ1n) is 5.25. The van der Waals surface area contributed by atoms with E-state index < -0.39 is 0 Å². The monoisotopic (exact) mass is 307 g/mol. The quantitative estimate of drug-likeness (QED) is 0.448. The van der Waals surface area contributed by atoms with Crippen molar-refractivity contribution in [3.63, 3.8) is 0 Å². The van der Waals surface area contributed by atoms with Crippen LogP contribution in [0.5, 0.6) is 0 Å². The molecule has 1 N–H and O–H groups in total. The van der Waals surface area contributed by atoms with E-state index >= 15 is 0 Å². The molecule has 0 radical (unpaired) electrons. The van der Waals surface area contributed by atoms with Crippen molar-refractivity contribution in [2.24, 2.45) is 0 Å². The van der Waals surface area contributed by atoms with Crippen LogP contribution in [0, 0.1) is 0 Å². The van der Waals surface area contributed by atoms with Crippen LogP contribution in [0.3, 0.4) is 0 Å². The normalized spacial score (nSPS) is 15.8. The smallest absolute Gasteiger partial charge is 0.0165 e. The predicted molar refractivity (Wildman–Crippen MR) is 74.2 cm³/mol. The number of nitrogens with one attached hydrogen (secondary N) is 1. The van der Waals surface area contributed by atoms with Crippen LogP contribution in [0.15, 0.2) is 23.3 Å². The molecule has 0 amide bonds. The molecule has 2 heteroatoms. The molecular weight excluding hydrogens is 285 g/mol. The Morgan fingerprint density at radius 1 is 1.50 bits per heavy atom. The second kappa shape index (κ2) is 8.48. The summed E-state index contributed by atoms with van der Waals surface area (Å²) in [5, 5.41) is 3.22. The fourth-order valence-electron chi connectivity index (χ4n) is 1.47. The number of hydrogen-bond acceptors (Lipinski definition) is 1. The van der Waals surface area contributed by atoms with Crippen molar-refractivity contribution >= 4 is 22.6 Å². The zero-order valence-corrected chi connectivity index (χ0v) is 11.9. The van der Waals surface area contributed by atoms with Crippen LogP contribution >= 0.6 is 22.6 Å². The van der Waals surface area contributed by atoms with E-state index in [-0.39, 0.29) is 0 Å². The molecule has 0 saturated heterocycles. The van der Waals surface area contributed by atoms with Crippen molar-refractivity contribution in [2.45, 2.75) is 37.5 Å². The fraction of sp³-hybridized carbons (Fsp3) is 0.667. The first kappa shape index (κ1) is 14.2. The van der Waals surface area contributed by atoms with E-state index in [9.17, 15) is 0 Å². The molecule has 0 unspecified atom stereocenters. The van der Waals surface area contributed by atoms with Gasteiger partial charge in [-0.25, -0.2) is 0 Å². The molecular formula is C12H22IN. The summed E-state index contributed by atoms with van der Waals surface area (Å²) in [7, 11) is 2.00. The minimum atomic E-state index is 0.710. The Morgan fingerprint density at radius 3 is 2.57 bits per heavy atom. The summed E-state index contributed by atoms with van der Waals surface area (Å²) in [6.07, 6.45) is 6.88. The van der Waals surface area contributed by atoms with Crippen molar-refractivity contribution < 1.29 is 0 Å². The minimum Gasteiger partial charge on any atom is -0.316 e. The number of halogens is 1. The zero-order chi connectivity index (χ0) is 11.0. The lowest BCUT2D eigenvalue weighted by molar-refractivity contribution is 0.816. The summed E-state index contributed by atoms with van der Waals surface area (Å²) < 4.78 is 0.710. The molecule has 0 aromatic rings. The van der Waals surface area contributed by atoms with Gasteiger partial charge in [0.25, 0.3) is 0 Å². The van der Waals surface area contributed by atoms with Gasteiger partial charge in [0.2, 0.25) is 0 Å². The molecule has 82 valence electrons. The van der Waals surface area contributed by atoms with Crippen LogP contribution in [0.2, 0.25) is 0 Å². The second-order valence-corrected chi connectivity index (χ2v) is 5.80. The number of alkyl halides is 1. The van der Waals surface area contributed by atoms with Gasteiger partial charge in [0.05, 0.1) is 0 Å². The van der Waals surface area contributed by atoms with E-state index in [2.05, 4.69) is 60.8 Å². The average Bonchev–Trinajstić information content (AvgIpc) is 2.03. The Morgan fingerprint density at radius 2 is 2.14 bits per heavy atom. The maximum Gasteiger partial charge on any atom is 0.0165 e. The zero-order valence-electron chi connectivity index (χ0n) is 9.73. The van der Waals surface area contributed by atoms with Crippen molar-refractivity contribution in [3.05, 3.63) is 23.3 Å². The van der Waals surface area contributed by atoms with Gasteiger partial charge in [-0.15, -0.1) is 0 Å². The third-order valence-electron chi connectivity index (χ3n) is 1.91. The van der Waals surface area contributed by atoms with E-state index in [0.717, 1.165) is 13.0 Å². The maximum atomic E-state index is 3.22. The Bertz CT molecular complexity index is 204. The standard InChI is InChI=1S/C12H22IN/c1-5-6-10(2)7-12(9-14-4)8-11(3)13/h6-7,11,14H,5,8-9H2,1-4H3/b10-6-,12-7+/t11-/m1/s1. The Balaban J connectivity index is 4.38. The summed E-state index contributed by atoms with van der Waals surface area (Å²) >= 11 is 2.48. The van der Waals surface area contributed by atoms with E-state index in [1.807, 2.05) is 7.05 Å². The van der Waals surface area contributed by atoms with Gasteiger partial charge in [-0.3, -0.25) is 0 Å². The van der Waals surface area contributed by atoms with Gasteiger partial charge in [0.15, 0.2) is 0 Å². The summed E-state index contributed by atoms with van der Waals surface area (Å²) in [6.45, 7) is 7.61. The highest BCUT2D eigenvalue weighted by Gasteiger charge is 2.01. The molecule has 0 aromatic heterocycles. The lowest BCUT2D eigenvalue weighted by atomic mass is 10.1. The van der Waals surface area contributed by atoms with Crippen molar-refractivity contribution in [3.8, 4) is 0 Å². The highest BCUT2D eigenvalue weighted by Crippen LogP contribution is 2.14. The first-order valence-corrected chi connectivity index (χ1v) is 6.49. The number of rotatable bonds is 6. The van der Waals surface area contributed by atoms with E-state index in [4.69, 9.17) is 0 Å². The van der Waals surface area contributed by atoms with Crippen LogP contribution in [0.4, 0.5) is 0 Å². The van der Waals surface area contributed by atoms with Gasteiger partial charge in [-0.05, 0) is 26.8 Å². The molecule has 0 saturated carbocycles. The first-order chi connectivity index (χ1) is 6.60. The Labute approximate surface area is 102 Å². The molecule has 0 aliphatic rings. The molecule has 1 nitrogen and oxygen atoms in total. The molecule has 0 aliphatic carbocycles. The van der Waals surface area contributed by atoms with E-state index in [1.54, 1.807) is 0 Å². The van der Waals surface area contributed by atoms with Crippen LogP contribution in [0.1, 0.15) is 33.6 Å². The van der Waals surface area contributed by atoms with Crippen LogP contribution in [-0.4, -0.2) is 17.5 Å². The molecule has 0 heterocycles. The van der Waals surface area contributed by atoms with E-state index in [1.165, 1.54) is 17.6 Å². The Kier molecular flexibility index (Phi) is 8.58. The lowest BCUT2D eigenvalue weighted by Gasteiger charge is -2.09. The number of hydrogen-bond donors (Lipinski definition) is 1. The van der Waals surface area contributed by atoms with Crippen molar-refractivity contribution in [2.75, 3.05) is 13.6 Å². The molecule has 0 aromatic carbocycles. The third kappa shape index (κ3) is 7.56. The third-order valence-corrected chi connectivity index (χ3v) is 2.35. The summed E-state index contributed by atoms with van der Waals surface area (Å²) in [5.74, 6) is 0. The lowest BCUT2D eigenvalue weighted by Crippen LogP contribution is -2.12. The van der Waals surface area contributed by atoms with Crippen LogP contribution < -0.4 is 5.32 Å². The summed E-state index contributed by atoms with van der Waals surface area (Å²) in [6, 6.07) is 0. The molecule has 0 bridgehead atoms. The van der Waals surface area contributed by atoms with Gasteiger partial charge in [-0.1, -0.05) is 59.7 Å². The van der Waals surface area contributed by atoms with E-state index in [0.29, 0.717) is 3.92 Å². The second-order valence-electron chi connectivity index (χ2n) is 3.67. The maximum absolute atomic E-state index is 3.22. The van der Waals surface area contributed by atoms with Crippen LogP contribution in [-0.2, 0) is 0 Å². The van der Waals surface area contributed by atoms with Crippen LogP contribution in [0.25, 0.3) is 0 Å². The fourth-order valence-corrected chi connectivity index (χ4v) is 2.04. The minimum absolute atomic E-state index is 0.710. The highest BCUT2D eigenvalue weighted by atomic mass is 127. The topological polar surface area (TPSA) is 12.0 Å². The Hall–Kier alpha value is 0.170. The van der Waals surface area contributed by atoms with Gasteiger partial charge in [-0.2, -0.15) is 0 Å².